The predicted octanol–water partition coefficient (Wildman–Crippen LogP) is 6.37. The average molecular weight is 537 g/mol. The van der Waals surface area contributed by atoms with Gasteiger partial charge < -0.3 is 9.64 Å². The van der Waals surface area contributed by atoms with Crippen LogP contribution in [-0.2, 0) is 17.6 Å². The van der Waals surface area contributed by atoms with Gasteiger partial charge in [0.15, 0.2) is 0 Å². The maximum Gasteiger partial charge on any atom is 0.343 e. The van der Waals surface area contributed by atoms with Gasteiger partial charge in [0.2, 0.25) is 5.91 Å². The SMILES string of the molecule is CN(C(=O)Cc1ccc(Cl)c(Cl)c1)[C@@H]1c2cccc(OC(=O)c3ccccc3)c2CC[C@H]1N1CCCC1. The van der Waals surface area contributed by atoms with Crippen LogP contribution in [0.1, 0.15) is 52.4 Å². The molecule has 1 aliphatic heterocycles. The largest absolute Gasteiger partial charge is 0.423 e. The molecule has 0 N–H and O–H groups in total. The molecule has 37 heavy (non-hydrogen) atoms. The summed E-state index contributed by atoms with van der Waals surface area (Å²) < 4.78 is 5.89. The van der Waals surface area contributed by atoms with Crippen molar-refractivity contribution in [3.05, 3.63) is 99.0 Å². The van der Waals surface area contributed by atoms with E-state index in [0.29, 0.717) is 21.4 Å². The summed E-state index contributed by atoms with van der Waals surface area (Å²) in [7, 11) is 1.88. The number of carbonyl (C=O) groups is 2. The van der Waals surface area contributed by atoms with Crippen LogP contribution in [0, 0.1) is 0 Å². The Bertz CT molecular complexity index is 1290. The predicted molar refractivity (Wildman–Crippen MR) is 146 cm³/mol. The molecule has 1 saturated heterocycles. The summed E-state index contributed by atoms with van der Waals surface area (Å²) in [6.45, 7) is 2.07. The highest BCUT2D eigenvalue weighted by atomic mass is 35.5. The minimum absolute atomic E-state index is 0.00659. The Morgan fingerprint density at radius 1 is 0.973 bits per heavy atom. The number of likely N-dealkylation sites (N-methyl/N-ethyl adjacent to an activating group) is 1. The third-order valence-corrected chi connectivity index (χ3v) is 8.25. The molecule has 192 valence electrons. The van der Waals surface area contributed by atoms with Gasteiger partial charge in [-0.05, 0) is 80.2 Å². The number of halogens is 2. The maximum absolute atomic E-state index is 13.6. The zero-order valence-corrected chi connectivity index (χ0v) is 22.3. The van der Waals surface area contributed by atoms with Gasteiger partial charge in [0.05, 0.1) is 28.1 Å². The minimum Gasteiger partial charge on any atom is -0.423 e. The molecule has 0 aromatic heterocycles. The summed E-state index contributed by atoms with van der Waals surface area (Å²) in [5.41, 5.74) is 3.38. The van der Waals surface area contributed by atoms with E-state index >= 15 is 0 Å². The average Bonchev–Trinajstić information content (AvgIpc) is 3.45. The number of carbonyl (C=O) groups excluding carboxylic acids is 2. The number of amides is 1. The highest BCUT2D eigenvalue weighted by Crippen LogP contribution is 2.41. The highest BCUT2D eigenvalue weighted by Gasteiger charge is 2.39. The molecule has 1 aliphatic carbocycles. The lowest BCUT2D eigenvalue weighted by Crippen LogP contribution is -2.48. The van der Waals surface area contributed by atoms with Crippen LogP contribution in [0.15, 0.2) is 66.7 Å². The van der Waals surface area contributed by atoms with E-state index in [1.165, 1.54) is 12.8 Å². The van der Waals surface area contributed by atoms with E-state index in [9.17, 15) is 9.59 Å². The van der Waals surface area contributed by atoms with Crippen LogP contribution in [0.2, 0.25) is 10.0 Å². The van der Waals surface area contributed by atoms with Crippen molar-refractivity contribution in [1.82, 2.24) is 9.80 Å². The van der Waals surface area contributed by atoms with Gasteiger partial charge in [0.1, 0.15) is 5.75 Å². The first-order valence-electron chi connectivity index (χ1n) is 12.7. The molecule has 0 unspecified atom stereocenters. The topological polar surface area (TPSA) is 49.9 Å². The van der Waals surface area contributed by atoms with Gasteiger partial charge in [-0.15, -0.1) is 0 Å². The van der Waals surface area contributed by atoms with Crippen molar-refractivity contribution in [3.8, 4) is 5.75 Å². The number of ether oxygens (including phenoxy) is 1. The quantitative estimate of drug-likeness (QED) is 0.271. The summed E-state index contributed by atoms with van der Waals surface area (Å²) >= 11 is 12.3. The molecule has 1 fully saturated rings. The highest BCUT2D eigenvalue weighted by molar-refractivity contribution is 6.42. The summed E-state index contributed by atoms with van der Waals surface area (Å²) in [5.74, 6) is 0.199. The van der Waals surface area contributed by atoms with Gasteiger partial charge >= 0.3 is 5.97 Å². The van der Waals surface area contributed by atoms with Gasteiger partial charge in [-0.2, -0.15) is 0 Å². The van der Waals surface area contributed by atoms with Crippen LogP contribution in [-0.4, -0.2) is 47.9 Å². The van der Waals surface area contributed by atoms with Crippen LogP contribution >= 0.6 is 23.2 Å². The molecular formula is C30H30Cl2N2O3. The molecule has 0 spiro atoms. The fourth-order valence-corrected chi connectivity index (χ4v) is 5.96. The Labute approximate surface area is 227 Å². The van der Waals surface area contributed by atoms with Crippen LogP contribution in [0.5, 0.6) is 5.75 Å². The first kappa shape index (κ1) is 25.8. The standard InChI is InChI=1S/C30H30Cl2N2O3/c1-33(28(35)19-20-12-14-24(31)25(32)18-20)29-23-10-7-11-27(37-30(36)21-8-3-2-4-9-21)22(23)13-15-26(29)34-16-5-6-17-34/h2-4,7-12,14,18,26,29H,5-6,13,15-17,19H2,1H3/t26-,29-/m1/s1. The van der Waals surface area contributed by atoms with Crippen molar-refractivity contribution in [3.63, 3.8) is 0 Å². The molecule has 0 saturated carbocycles. The van der Waals surface area contributed by atoms with E-state index in [1.807, 2.05) is 48.3 Å². The molecule has 0 radical (unpaired) electrons. The Morgan fingerprint density at radius 2 is 1.73 bits per heavy atom. The van der Waals surface area contributed by atoms with Crippen molar-refractivity contribution < 1.29 is 14.3 Å². The Morgan fingerprint density at radius 3 is 2.46 bits per heavy atom. The summed E-state index contributed by atoms with van der Waals surface area (Å²) in [4.78, 5) is 30.8. The summed E-state index contributed by atoms with van der Waals surface area (Å²) in [6.07, 6.45) is 4.26. The minimum atomic E-state index is -0.378. The monoisotopic (exact) mass is 536 g/mol. The lowest BCUT2D eigenvalue weighted by Gasteiger charge is -2.44. The third-order valence-electron chi connectivity index (χ3n) is 7.51. The lowest BCUT2D eigenvalue weighted by molar-refractivity contribution is -0.133. The molecule has 1 amide bonds. The second-order valence-electron chi connectivity index (χ2n) is 9.80. The number of hydrogen-bond acceptors (Lipinski definition) is 4. The third kappa shape index (κ3) is 5.54. The van der Waals surface area contributed by atoms with E-state index in [4.69, 9.17) is 27.9 Å². The molecule has 2 atom stereocenters. The Hall–Kier alpha value is -2.86. The number of benzene rings is 3. The van der Waals surface area contributed by atoms with Crippen LogP contribution in [0.4, 0.5) is 0 Å². The van der Waals surface area contributed by atoms with Gasteiger partial charge in [0, 0.05) is 18.7 Å². The zero-order chi connectivity index (χ0) is 25.9. The summed E-state index contributed by atoms with van der Waals surface area (Å²) in [6, 6.07) is 20.2. The normalized spacial score (nSPS) is 19.3. The summed E-state index contributed by atoms with van der Waals surface area (Å²) in [5, 5.41) is 0.913. The molecule has 7 heteroatoms. The van der Waals surface area contributed by atoms with Crippen molar-refractivity contribution in [1.29, 1.82) is 0 Å². The molecule has 5 rings (SSSR count). The van der Waals surface area contributed by atoms with Crippen LogP contribution in [0.25, 0.3) is 0 Å². The van der Waals surface area contributed by atoms with Crippen molar-refractivity contribution in [2.75, 3.05) is 20.1 Å². The Balaban J connectivity index is 1.45. The van der Waals surface area contributed by atoms with E-state index in [2.05, 4.69) is 11.0 Å². The van der Waals surface area contributed by atoms with Crippen LogP contribution in [0.3, 0.4) is 0 Å². The number of hydrogen-bond donors (Lipinski definition) is 0. The van der Waals surface area contributed by atoms with E-state index in [1.54, 1.807) is 24.3 Å². The molecule has 2 aliphatic rings. The Kier molecular flexibility index (Phi) is 7.84. The number of nitrogens with zero attached hydrogens (tertiary/aromatic N) is 2. The van der Waals surface area contributed by atoms with Gasteiger partial charge in [0.25, 0.3) is 0 Å². The number of esters is 1. The number of likely N-dealkylation sites (tertiary alicyclic amines) is 1. The molecule has 5 nitrogen and oxygen atoms in total. The number of fused-ring (bicyclic) bond motifs is 1. The fraction of sp³-hybridized carbons (Fsp3) is 0.333. The van der Waals surface area contributed by atoms with E-state index in [-0.39, 0.29) is 30.4 Å². The van der Waals surface area contributed by atoms with Crippen molar-refractivity contribution in [2.45, 2.75) is 44.2 Å². The van der Waals surface area contributed by atoms with Gasteiger partial charge in [-0.1, -0.05) is 59.6 Å². The van der Waals surface area contributed by atoms with Crippen molar-refractivity contribution >= 4 is 35.1 Å². The maximum atomic E-state index is 13.6. The second-order valence-corrected chi connectivity index (χ2v) is 10.6. The van der Waals surface area contributed by atoms with Crippen LogP contribution < -0.4 is 4.74 Å². The van der Waals surface area contributed by atoms with Gasteiger partial charge in [-0.25, -0.2) is 4.79 Å². The lowest BCUT2D eigenvalue weighted by atomic mass is 9.81. The zero-order valence-electron chi connectivity index (χ0n) is 20.8. The van der Waals surface area contributed by atoms with E-state index in [0.717, 1.165) is 42.6 Å². The molecule has 1 heterocycles. The van der Waals surface area contributed by atoms with Crippen molar-refractivity contribution in [2.24, 2.45) is 0 Å². The first-order valence-corrected chi connectivity index (χ1v) is 13.5. The first-order chi connectivity index (χ1) is 17.9. The van der Waals surface area contributed by atoms with Gasteiger partial charge in [-0.3, -0.25) is 9.69 Å². The fourth-order valence-electron chi connectivity index (χ4n) is 5.64. The molecule has 3 aromatic rings. The molecule has 3 aromatic carbocycles. The molecular weight excluding hydrogens is 507 g/mol. The van der Waals surface area contributed by atoms with E-state index < -0.39 is 0 Å². The molecule has 0 bridgehead atoms. The smallest absolute Gasteiger partial charge is 0.343 e. The number of rotatable bonds is 6. The second kappa shape index (κ2) is 11.3.